The average molecular weight is 284 g/mol. The molecule has 1 saturated heterocycles. The van der Waals surface area contributed by atoms with Crippen molar-refractivity contribution >= 4 is 17.6 Å². The maximum Gasteiger partial charge on any atom is 0.306 e. The van der Waals surface area contributed by atoms with Crippen LogP contribution in [-0.4, -0.2) is 42.2 Å². The van der Waals surface area contributed by atoms with Crippen molar-refractivity contribution in [2.24, 2.45) is 11.8 Å². The number of nitrogens with zero attached hydrogens (tertiary/aromatic N) is 1. The molecular formula is C14H18ClNO3. The summed E-state index contributed by atoms with van der Waals surface area (Å²) in [5.41, 5.74) is 0. The van der Waals surface area contributed by atoms with Crippen molar-refractivity contribution in [1.82, 2.24) is 4.90 Å². The Kier molecular flexibility index (Phi) is 4.66. The van der Waals surface area contributed by atoms with Gasteiger partial charge >= 0.3 is 5.97 Å². The van der Waals surface area contributed by atoms with Crippen molar-refractivity contribution in [3.8, 4) is 5.75 Å². The second-order valence-corrected chi connectivity index (χ2v) is 5.33. The summed E-state index contributed by atoms with van der Waals surface area (Å²) in [5, 5.41) is 9.52. The second-order valence-electron chi connectivity index (χ2n) is 4.93. The van der Waals surface area contributed by atoms with Crippen LogP contribution < -0.4 is 4.74 Å². The summed E-state index contributed by atoms with van der Waals surface area (Å²) < 4.78 is 5.60. The number of hydrogen-bond donors (Lipinski definition) is 1. The number of hydrogen-bond acceptors (Lipinski definition) is 3. The van der Waals surface area contributed by atoms with E-state index in [9.17, 15) is 4.79 Å². The number of rotatable bonds is 6. The molecule has 1 heterocycles. The summed E-state index contributed by atoms with van der Waals surface area (Å²) in [4.78, 5) is 13.0. The fraction of sp³-hybridized carbons (Fsp3) is 0.500. The Morgan fingerprint density at radius 1 is 1.53 bits per heavy atom. The molecule has 1 aliphatic rings. The first kappa shape index (κ1) is 14.2. The van der Waals surface area contributed by atoms with E-state index in [0.29, 0.717) is 17.4 Å². The van der Waals surface area contributed by atoms with Gasteiger partial charge in [-0.1, -0.05) is 30.7 Å². The number of aliphatic carboxylic acids is 1. The van der Waals surface area contributed by atoms with Gasteiger partial charge in [-0.05, 0) is 18.1 Å². The molecule has 0 spiro atoms. The van der Waals surface area contributed by atoms with Crippen molar-refractivity contribution in [3.05, 3.63) is 29.3 Å². The van der Waals surface area contributed by atoms with Crippen LogP contribution in [0.15, 0.2) is 24.3 Å². The van der Waals surface area contributed by atoms with Crippen LogP contribution in [0.3, 0.4) is 0 Å². The molecule has 1 aliphatic heterocycles. The van der Waals surface area contributed by atoms with E-state index in [1.807, 2.05) is 18.2 Å². The van der Waals surface area contributed by atoms with Crippen LogP contribution in [0.5, 0.6) is 5.75 Å². The number of likely N-dealkylation sites (tertiary alicyclic amines) is 1. The maximum absolute atomic E-state index is 10.8. The lowest BCUT2D eigenvalue weighted by Gasteiger charge is -2.41. The summed E-state index contributed by atoms with van der Waals surface area (Å²) >= 11 is 5.98. The molecular weight excluding hydrogens is 266 g/mol. The zero-order chi connectivity index (χ0) is 13.8. The van der Waals surface area contributed by atoms with E-state index in [4.69, 9.17) is 21.4 Å². The average Bonchev–Trinajstić information content (AvgIpc) is 2.33. The molecule has 2 rings (SSSR count). The zero-order valence-electron chi connectivity index (χ0n) is 10.9. The molecule has 4 nitrogen and oxygen atoms in total. The predicted molar refractivity (Wildman–Crippen MR) is 73.7 cm³/mol. The molecule has 1 unspecified atom stereocenters. The first-order chi connectivity index (χ1) is 9.08. The number of ether oxygens (including phenoxy) is 1. The van der Waals surface area contributed by atoms with Crippen molar-refractivity contribution in [1.29, 1.82) is 0 Å². The highest BCUT2D eigenvalue weighted by Crippen LogP contribution is 2.25. The van der Waals surface area contributed by atoms with E-state index in [-0.39, 0.29) is 11.8 Å². The SMILES string of the molecule is CC(C(=O)O)C1CN(CCOc2ccccc2Cl)C1. The fourth-order valence-electron chi connectivity index (χ4n) is 2.16. The van der Waals surface area contributed by atoms with Crippen molar-refractivity contribution < 1.29 is 14.6 Å². The van der Waals surface area contributed by atoms with E-state index >= 15 is 0 Å². The normalized spacial score (nSPS) is 17.8. The lowest BCUT2D eigenvalue weighted by molar-refractivity contribution is -0.145. The molecule has 1 N–H and O–H groups in total. The highest BCUT2D eigenvalue weighted by atomic mass is 35.5. The molecule has 1 atom stereocenters. The first-order valence-electron chi connectivity index (χ1n) is 6.40. The predicted octanol–water partition coefficient (Wildman–Crippen LogP) is 2.37. The molecule has 0 radical (unpaired) electrons. The molecule has 19 heavy (non-hydrogen) atoms. The minimum absolute atomic E-state index is 0.262. The van der Waals surface area contributed by atoms with Gasteiger partial charge in [0.1, 0.15) is 12.4 Å². The summed E-state index contributed by atoms with van der Waals surface area (Å²) in [6, 6.07) is 7.39. The summed E-state index contributed by atoms with van der Waals surface area (Å²) in [6.45, 7) is 4.80. The topological polar surface area (TPSA) is 49.8 Å². The van der Waals surface area contributed by atoms with Crippen LogP contribution >= 0.6 is 11.6 Å². The number of benzene rings is 1. The molecule has 1 aromatic carbocycles. The van der Waals surface area contributed by atoms with Crippen molar-refractivity contribution in [3.63, 3.8) is 0 Å². The lowest BCUT2D eigenvalue weighted by Crippen LogP contribution is -2.52. The molecule has 5 heteroatoms. The quantitative estimate of drug-likeness (QED) is 0.871. The summed E-state index contributed by atoms with van der Waals surface area (Å²) in [7, 11) is 0. The number of halogens is 1. The van der Waals surface area contributed by atoms with Crippen LogP contribution in [-0.2, 0) is 4.79 Å². The highest BCUT2D eigenvalue weighted by Gasteiger charge is 2.34. The van der Waals surface area contributed by atoms with Gasteiger partial charge in [0.2, 0.25) is 0 Å². The Bertz CT molecular complexity index is 446. The molecule has 0 saturated carbocycles. The Hall–Kier alpha value is -1.26. The van der Waals surface area contributed by atoms with Crippen LogP contribution in [0.2, 0.25) is 5.02 Å². The molecule has 0 aliphatic carbocycles. The Morgan fingerprint density at radius 3 is 2.84 bits per heavy atom. The van der Waals surface area contributed by atoms with Gasteiger partial charge in [-0.3, -0.25) is 9.69 Å². The summed E-state index contributed by atoms with van der Waals surface area (Å²) in [6.07, 6.45) is 0. The Balaban J connectivity index is 1.67. The highest BCUT2D eigenvalue weighted by molar-refractivity contribution is 6.32. The number of carboxylic acid groups (broad SMARTS) is 1. The third kappa shape index (κ3) is 3.61. The minimum Gasteiger partial charge on any atom is -0.491 e. The minimum atomic E-state index is -0.711. The second kappa shape index (κ2) is 6.26. The smallest absolute Gasteiger partial charge is 0.306 e. The first-order valence-corrected chi connectivity index (χ1v) is 6.78. The standard InChI is InChI=1S/C14H18ClNO3/c1-10(14(17)18)11-8-16(9-11)6-7-19-13-5-3-2-4-12(13)15/h2-5,10-11H,6-9H2,1H3,(H,17,18). The number of para-hydroxylation sites is 1. The van der Waals surface area contributed by atoms with Crippen molar-refractivity contribution in [2.75, 3.05) is 26.2 Å². The van der Waals surface area contributed by atoms with Crippen LogP contribution in [0.1, 0.15) is 6.92 Å². The van der Waals surface area contributed by atoms with E-state index in [2.05, 4.69) is 4.90 Å². The molecule has 0 bridgehead atoms. The molecule has 1 aromatic rings. The zero-order valence-corrected chi connectivity index (χ0v) is 11.6. The van der Waals surface area contributed by atoms with Gasteiger partial charge < -0.3 is 9.84 Å². The molecule has 0 aromatic heterocycles. The van der Waals surface area contributed by atoms with Gasteiger partial charge in [-0.15, -0.1) is 0 Å². The van der Waals surface area contributed by atoms with E-state index in [1.54, 1.807) is 13.0 Å². The van der Waals surface area contributed by atoms with Crippen LogP contribution in [0, 0.1) is 11.8 Å². The molecule has 1 fully saturated rings. The van der Waals surface area contributed by atoms with Gasteiger partial charge in [0.05, 0.1) is 10.9 Å². The van der Waals surface area contributed by atoms with E-state index in [0.717, 1.165) is 19.6 Å². The van der Waals surface area contributed by atoms with E-state index < -0.39 is 5.97 Å². The van der Waals surface area contributed by atoms with Gasteiger partial charge in [-0.25, -0.2) is 0 Å². The molecule has 104 valence electrons. The van der Waals surface area contributed by atoms with Gasteiger partial charge in [-0.2, -0.15) is 0 Å². The monoisotopic (exact) mass is 283 g/mol. The third-order valence-corrected chi connectivity index (χ3v) is 3.90. The number of carbonyl (C=O) groups is 1. The fourth-order valence-corrected chi connectivity index (χ4v) is 2.35. The van der Waals surface area contributed by atoms with Gasteiger partial charge in [0.25, 0.3) is 0 Å². The number of carboxylic acids is 1. The Labute approximate surface area is 117 Å². The van der Waals surface area contributed by atoms with Crippen molar-refractivity contribution in [2.45, 2.75) is 6.92 Å². The van der Waals surface area contributed by atoms with E-state index in [1.165, 1.54) is 0 Å². The maximum atomic E-state index is 10.8. The van der Waals surface area contributed by atoms with Crippen LogP contribution in [0.4, 0.5) is 0 Å². The molecule has 0 amide bonds. The summed E-state index contributed by atoms with van der Waals surface area (Å²) in [5.74, 6) is -0.0179. The van der Waals surface area contributed by atoms with Crippen LogP contribution in [0.25, 0.3) is 0 Å². The van der Waals surface area contributed by atoms with Gasteiger partial charge in [0.15, 0.2) is 0 Å². The largest absolute Gasteiger partial charge is 0.491 e. The van der Waals surface area contributed by atoms with Gasteiger partial charge in [0, 0.05) is 19.6 Å². The third-order valence-electron chi connectivity index (χ3n) is 3.58. The Morgan fingerprint density at radius 2 is 2.21 bits per heavy atom. The lowest BCUT2D eigenvalue weighted by atomic mass is 9.87.